The zero-order valence-electron chi connectivity index (χ0n) is 10.7. The monoisotopic (exact) mass is 268 g/mol. The number of hydrogen-bond acceptors (Lipinski definition) is 2. The Morgan fingerprint density at radius 3 is 2.70 bits per heavy atom. The van der Waals surface area contributed by atoms with Gasteiger partial charge in [-0.15, -0.1) is 0 Å². The molecule has 0 aliphatic rings. The molecule has 2 aromatic rings. The normalized spacial score (nSPS) is 10.9. The van der Waals surface area contributed by atoms with Gasteiger partial charge in [-0.1, -0.05) is 30.3 Å². The summed E-state index contributed by atoms with van der Waals surface area (Å²) in [4.78, 5) is 4.17. The van der Waals surface area contributed by atoms with Crippen molar-refractivity contribution in [2.75, 3.05) is 5.32 Å². The highest BCUT2D eigenvalue weighted by Gasteiger charge is 2.03. The van der Waals surface area contributed by atoms with E-state index in [9.17, 15) is 4.39 Å². The molecule has 0 saturated heterocycles. The number of aliphatic imine (C=N–C) groups is 1. The lowest BCUT2D eigenvalue weighted by Gasteiger charge is -2.06. The highest BCUT2D eigenvalue weighted by molar-refractivity contribution is 5.92. The average molecular weight is 268 g/mol. The van der Waals surface area contributed by atoms with Gasteiger partial charge in [-0.25, -0.2) is 9.38 Å². The van der Waals surface area contributed by atoms with Gasteiger partial charge in [0.1, 0.15) is 11.9 Å². The van der Waals surface area contributed by atoms with Crippen molar-refractivity contribution in [3.8, 4) is 6.07 Å². The molecule has 0 atom stereocenters. The van der Waals surface area contributed by atoms with Gasteiger partial charge in [0.25, 0.3) is 0 Å². The van der Waals surface area contributed by atoms with Gasteiger partial charge in [-0.2, -0.15) is 5.26 Å². The maximum Gasteiger partial charge on any atom is 0.193 e. The predicted molar refractivity (Wildman–Crippen MR) is 76.5 cm³/mol. The largest absolute Gasteiger partial charge is 0.370 e. The van der Waals surface area contributed by atoms with Crippen LogP contribution in [0.15, 0.2) is 53.5 Å². The number of nitrogens with two attached hydrogens (primary N) is 1. The summed E-state index contributed by atoms with van der Waals surface area (Å²) < 4.78 is 13.2. The van der Waals surface area contributed by atoms with Crippen LogP contribution in [-0.2, 0) is 6.54 Å². The number of hydrogen-bond donors (Lipinski definition) is 2. The third-order valence-corrected chi connectivity index (χ3v) is 2.63. The van der Waals surface area contributed by atoms with Crippen LogP contribution in [0.4, 0.5) is 10.1 Å². The number of guanidine groups is 1. The van der Waals surface area contributed by atoms with E-state index in [1.807, 2.05) is 30.3 Å². The number of nitrogens with one attached hydrogen (secondary N) is 1. The second-order valence-corrected chi connectivity index (χ2v) is 4.12. The van der Waals surface area contributed by atoms with Gasteiger partial charge >= 0.3 is 0 Å². The lowest BCUT2D eigenvalue weighted by molar-refractivity contribution is 0.624. The molecule has 0 amide bonds. The summed E-state index contributed by atoms with van der Waals surface area (Å²) in [6.45, 7) is 0.450. The summed E-state index contributed by atoms with van der Waals surface area (Å²) >= 11 is 0. The van der Waals surface area contributed by atoms with Gasteiger partial charge in [0.05, 0.1) is 12.1 Å². The van der Waals surface area contributed by atoms with Gasteiger partial charge in [-0.3, -0.25) is 0 Å². The lowest BCUT2D eigenvalue weighted by Crippen LogP contribution is -2.22. The molecule has 20 heavy (non-hydrogen) atoms. The summed E-state index contributed by atoms with van der Waals surface area (Å²) in [5, 5.41) is 11.6. The number of nitrogens with zero attached hydrogens (tertiary/aromatic N) is 2. The number of halogens is 1. The fraction of sp³-hybridized carbons (Fsp3) is 0.0667. The Labute approximate surface area is 116 Å². The number of rotatable bonds is 3. The quantitative estimate of drug-likeness (QED) is 0.663. The Bertz CT molecular complexity index is 659. The van der Waals surface area contributed by atoms with E-state index in [1.54, 1.807) is 6.07 Å². The minimum atomic E-state index is -0.558. The van der Waals surface area contributed by atoms with E-state index >= 15 is 0 Å². The van der Waals surface area contributed by atoms with Crippen LogP contribution in [-0.4, -0.2) is 5.96 Å². The van der Waals surface area contributed by atoms with E-state index in [2.05, 4.69) is 10.3 Å². The van der Waals surface area contributed by atoms with Crippen LogP contribution in [0.5, 0.6) is 0 Å². The first kappa shape index (κ1) is 13.6. The Hall–Kier alpha value is -2.87. The van der Waals surface area contributed by atoms with Gasteiger partial charge in [0.15, 0.2) is 5.96 Å². The molecule has 5 heteroatoms. The van der Waals surface area contributed by atoms with Gasteiger partial charge < -0.3 is 11.1 Å². The second-order valence-electron chi connectivity index (χ2n) is 4.12. The molecule has 0 saturated carbocycles. The summed E-state index contributed by atoms with van der Waals surface area (Å²) in [6.07, 6.45) is 0. The Balaban J connectivity index is 2.04. The molecular weight excluding hydrogens is 255 g/mol. The molecular formula is C15H13FN4. The summed E-state index contributed by atoms with van der Waals surface area (Å²) in [5.74, 6) is -0.345. The van der Waals surface area contributed by atoms with Crippen molar-refractivity contribution in [2.24, 2.45) is 10.7 Å². The Kier molecular flexibility index (Phi) is 4.30. The molecule has 0 spiro atoms. The van der Waals surface area contributed by atoms with Crippen LogP contribution in [0.25, 0.3) is 0 Å². The number of benzene rings is 2. The van der Waals surface area contributed by atoms with E-state index < -0.39 is 5.82 Å². The molecule has 0 aromatic heterocycles. The van der Waals surface area contributed by atoms with Crippen molar-refractivity contribution >= 4 is 11.6 Å². The Morgan fingerprint density at radius 2 is 2.00 bits per heavy atom. The molecule has 4 nitrogen and oxygen atoms in total. The van der Waals surface area contributed by atoms with Crippen LogP contribution in [0.2, 0.25) is 0 Å². The van der Waals surface area contributed by atoms with Gasteiger partial charge in [0, 0.05) is 5.69 Å². The van der Waals surface area contributed by atoms with Crippen molar-refractivity contribution in [3.05, 3.63) is 65.5 Å². The number of anilines is 1. The predicted octanol–water partition coefficient (Wildman–Crippen LogP) is 2.62. The lowest BCUT2D eigenvalue weighted by atomic mass is 10.2. The van der Waals surface area contributed by atoms with Gasteiger partial charge in [0.2, 0.25) is 0 Å². The molecule has 0 aliphatic carbocycles. The summed E-state index contributed by atoms with van der Waals surface area (Å²) in [5.41, 5.74) is 7.27. The molecule has 0 radical (unpaired) electrons. The fourth-order valence-electron chi connectivity index (χ4n) is 1.64. The van der Waals surface area contributed by atoms with Crippen LogP contribution < -0.4 is 11.1 Å². The van der Waals surface area contributed by atoms with E-state index in [1.165, 1.54) is 18.2 Å². The molecule has 0 unspecified atom stereocenters. The van der Waals surface area contributed by atoms with E-state index in [-0.39, 0.29) is 11.5 Å². The molecule has 0 fully saturated rings. The van der Waals surface area contributed by atoms with E-state index in [0.29, 0.717) is 12.2 Å². The molecule has 0 heterocycles. The van der Waals surface area contributed by atoms with Gasteiger partial charge in [-0.05, 0) is 23.8 Å². The summed E-state index contributed by atoms with van der Waals surface area (Å²) in [6, 6.07) is 15.5. The van der Waals surface area contributed by atoms with Crippen LogP contribution >= 0.6 is 0 Å². The van der Waals surface area contributed by atoms with Crippen molar-refractivity contribution in [1.82, 2.24) is 0 Å². The van der Waals surface area contributed by atoms with Crippen LogP contribution in [0.1, 0.15) is 11.1 Å². The minimum absolute atomic E-state index is 0.0362. The fourth-order valence-corrected chi connectivity index (χ4v) is 1.64. The maximum absolute atomic E-state index is 13.2. The number of nitriles is 1. The molecule has 2 rings (SSSR count). The first-order valence-corrected chi connectivity index (χ1v) is 5.99. The first-order chi connectivity index (χ1) is 9.69. The van der Waals surface area contributed by atoms with Crippen molar-refractivity contribution < 1.29 is 4.39 Å². The van der Waals surface area contributed by atoms with E-state index in [4.69, 9.17) is 11.0 Å². The van der Waals surface area contributed by atoms with Crippen LogP contribution in [0, 0.1) is 17.1 Å². The SMILES string of the molecule is N#Cc1cc(NC(N)=NCc2ccccc2)ccc1F. The molecule has 0 aliphatic heterocycles. The standard InChI is InChI=1S/C15H13FN4/c16-14-7-6-13(8-12(14)9-17)20-15(18)19-10-11-4-2-1-3-5-11/h1-8H,10H2,(H3,18,19,20). The average Bonchev–Trinajstić information content (AvgIpc) is 2.48. The minimum Gasteiger partial charge on any atom is -0.370 e. The van der Waals surface area contributed by atoms with Crippen molar-refractivity contribution in [1.29, 1.82) is 5.26 Å². The molecule has 3 N–H and O–H groups in total. The third-order valence-electron chi connectivity index (χ3n) is 2.63. The highest BCUT2D eigenvalue weighted by atomic mass is 19.1. The third kappa shape index (κ3) is 3.56. The zero-order valence-corrected chi connectivity index (χ0v) is 10.7. The van der Waals surface area contributed by atoms with Crippen LogP contribution in [0.3, 0.4) is 0 Å². The van der Waals surface area contributed by atoms with Crippen molar-refractivity contribution in [3.63, 3.8) is 0 Å². The molecule has 100 valence electrons. The first-order valence-electron chi connectivity index (χ1n) is 5.99. The highest BCUT2D eigenvalue weighted by Crippen LogP contribution is 2.13. The van der Waals surface area contributed by atoms with Crippen molar-refractivity contribution in [2.45, 2.75) is 6.54 Å². The maximum atomic E-state index is 13.2. The zero-order chi connectivity index (χ0) is 14.4. The Morgan fingerprint density at radius 1 is 1.25 bits per heavy atom. The molecule has 2 aromatic carbocycles. The topological polar surface area (TPSA) is 74.2 Å². The summed E-state index contributed by atoms with van der Waals surface area (Å²) in [7, 11) is 0. The van der Waals surface area contributed by atoms with E-state index in [0.717, 1.165) is 5.56 Å². The molecule has 0 bridgehead atoms. The smallest absolute Gasteiger partial charge is 0.193 e. The second kappa shape index (κ2) is 6.34.